The van der Waals surface area contributed by atoms with E-state index in [0.29, 0.717) is 19.6 Å². The van der Waals surface area contributed by atoms with Crippen molar-refractivity contribution < 1.29 is 31.1 Å². The maximum atomic E-state index is 13.8. The quantitative estimate of drug-likeness (QED) is 0.561. The summed E-state index contributed by atoms with van der Waals surface area (Å²) < 4.78 is 82.8. The van der Waals surface area contributed by atoms with Gasteiger partial charge in [0.25, 0.3) is 0 Å². The monoisotopic (exact) mass is 488 g/mol. The van der Waals surface area contributed by atoms with Crippen molar-refractivity contribution in [3.8, 4) is 11.3 Å². The molecule has 0 spiro atoms. The number of alkyl halides is 6. The number of hydrogen-bond acceptors (Lipinski definition) is 5. The first-order chi connectivity index (χ1) is 15.9. The van der Waals surface area contributed by atoms with E-state index in [1.807, 2.05) is 13.8 Å². The molecular weight excluding hydrogens is 466 g/mol. The third-order valence-corrected chi connectivity index (χ3v) is 5.88. The maximum Gasteiger partial charge on any atom is 0.416 e. The van der Waals surface area contributed by atoms with Crippen molar-refractivity contribution in [1.82, 2.24) is 20.6 Å². The number of pyridine rings is 2. The van der Waals surface area contributed by atoms with Gasteiger partial charge in [-0.3, -0.25) is 5.32 Å². The second-order valence-electron chi connectivity index (χ2n) is 8.50. The normalized spacial score (nSPS) is 21.2. The van der Waals surface area contributed by atoms with Gasteiger partial charge >= 0.3 is 18.4 Å². The number of hydrogen-bond donors (Lipinski definition) is 3. The Bertz CT molecular complexity index is 1090. The fourth-order valence-electron chi connectivity index (χ4n) is 4.25. The fraction of sp³-hybridized carbons (Fsp3) is 0.476. The minimum Gasteiger partial charge on any atom is -0.351 e. The van der Waals surface area contributed by atoms with Crippen molar-refractivity contribution in [2.75, 3.05) is 29.9 Å². The molecule has 184 valence electrons. The van der Waals surface area contributed by atoms with Crippen LogP contribution in [-0.2, 0) is 6.18 Å². The predicted octanol–water partition coefficient (Wildman–Crippen LogP) is 4.34. The number of anilines is 2. The number of nitrogens with one attached hydrogen (secondary N) is 3. The molecule has 2 aromatic rings. The Balaban J connectivity index is 1.92. The zero-order valence-electron chi connectivity index (χ0n) is 18.2. The molecule has 4 heterocycles. The molecule has 0 aromatic carbocycles. The Kier molecular flexibility index (Phi) is 6.08. The molecule has 2 aliphatic rings. The summed E-state index contributed by atoms with van der Waals surface area (Å²) >= 11 is 0. The first kappa shape index (κ1) is 24.0. The molecule has 13 heteroatoms. The van der Waals surface area contributed by atoms with Gasteiger partial charge in [-0.25, -0.2) is 14.8 Å². The molecule has 1 unspecified atom stereocenters. The van der Waals surface area contributed by atoms with Crippen LogP contribution in [0.5, 0.6) is 0 Å². The van der Waals surface area contributed by atoms with E-state index in [1.54, 1.807) is 10.2 Å². The molecule has 2 aliphatic heterocycles. The van der Waals surface area contributed by atoms with Crippen molar-refractivity contribution in [2.24, 2.45) is 5.92 Å². The van der Waals surface area contributed by atoms with Crippen molar-refractivity contribution in [1.29, 1.82) is 0 Å². The number of carbonyl (C=O) groups excluding carboxylic acids is 1. The van der Waals surface area contributed by atoms with Gasteiger partial charge in [0, 0.05) is 43.0 Å². The Hall–Kier alpha value is -3.09. The number of carbonyl (C=O) groups is 1. The molecule has 34 heavy (non-hydrogen) atoms. The summed E-state index contributed by atoms with van der Waals surface area (Å²) in [6, 6.07) is -0.928. The highest BCUT2D eigenvalue weighted by Crippen LogP contribution is 2.44. The summed E-state index contributed by atoms with van der Waals surface area (Å²) in [5.41, 5.74) is -2.02. The lowest BCUT2D eigenvalue weighted by Crippen LogP contribution is -2.54. The highest BCUT2D eigenvalue weighted by molar-refractivity contribution is 5.94. The van der Waals surface area contributed by atoms with Crippen LogP contribution in [0.25, 0.3) is 11.3 Å². The fourth-order valence-corrected chi connectivity index (χ4v) is 4.25. The van der Waals surface area contributed by atoms with E-state index in [1.165, 1.54) is 6.07 Å². The van der Waals surface area contributed by atoms with E-state index in [2.05, 4.69) is 20.6 Å². The van der Waals surface area contributed by atoms with Gasteiger partial charge in [0.1, 0.15) is 11.6 Å². The third-order valence-electron chi connectivity index (χ3n) is 5.88. The van der Waals surface area contributed by atoms with Crippen LogP contribution < -0.4 is 20.9 Å². The lowest BCUT2D eigenvalue weighted by Gasteiger charge is -2.40. The van der Waals surface area contributed by atoms with Gasteiger partial charge in [-0.1, -0.05) is 13.8 Å². The molecular formula is C21H22F6N6O. The van der Waals surface area contributed by atoms with Crippen LogP contribution in [0.2, 0.25) is 0 Å². The summed E-state index contributed by atoms with van der Waals surface area (Å²) in [4.78, 5) is 21.7. The Morgan fingerprint density at radius 3 is 2.53 bits per heavy atom. The van der Waals surface area contributed by atoms with Crippen LogP contribution in [0.4, 0.5) is 42.8 Å². The molecule has 0 aliphatic carbocycles. The van der Waals surface area contributed by atoms with E-state index in [4.69, 9.17) is 0 Å². The summed E-state index contributed by atoms with van der Waals surface area (Å²) in [6.45, 7) is 5.30. The van der Waals surface area contributed by atoms with E-state index >= 15 is 0 Å². The standard InChI is InChI=1S/C21H22F6N6O/c1-10(2)14-9-28-5-6-33(14)15-8-11(20(22,23)24)7-13(30-15)12-3-4-29-18-16(12)17(21(25,26)27)31-19(34)32-18/h3-4,7-8,10,14,17,28H,5-6,9H2,1-2H3,(H2,29,31,32,34)/t14?,17-/m1/s1. The molecule has 2 aromatic heterocycles. The molecule has 7 nitrogen and oxygen atoms in total. The minimum atomic E-state index is -4.91. The van der Waals surface area contributed by atoms with Gasteiger partial charge in [0.15, 0.2) is 6.04 Å². The number of nitrogens with zero attached hydrogens (tertiary/aromatic N) is 3. The largest absolute Gasteiger partial charge is 0.416 e. The number of rotatable bonds is 3. The molecule has 4 rings (SSSR count). The van der Waals surface area contributed by atoms with Gasteiger partial charge in [-0.05, 0) is 24.1 Å². The molecule has 2 atom stereocenters. The number of aromatic nitrogens is 2. The van der Waals surface area contributed by atoms with Crippen LogP contribution in [0.15, 0.2) is 24.4 Å². The Morgan fingerprint density at radius 1 is 1.15 bits per heavy atom. The molecule has 0 bridgehead atoms. The van der Waals surface area contributed by atoms with E-state index in [0.717, 1.165) is 18.3 Å². The second-order valence-corrected chi connectivity index (χ2v) is 8.50. The highest BCUT2D eigenvalue weighted by Gasteiger charge is 2.47. The number of piperazine rings is 1. The topological polar surface area (TPSA) is 82.2 Å². The van der Waals surface area contributed by atoms with Crippen molar-refractivity contribution in [2.45, 2.75) is 38.3 Å². The van der Waals surface area contributed by atoms with Gasteiger partial charge in [-0.15, -0.1) is 0 Å². The van der Waals surface area contributed by atoms with Crippen LogP contribution in [0.1, 0.15) is 31.0 Å². The van der Waals surface area contributed by atoms with Crippen LogP contribution >= 0.6 is 0 Å². The van der Waals surface area contributed by atoms with E-state index in [-0.39, 0.29) is 34.9 Å². The second kappa shape index (κ2) is 8.60. The van der Waals surface area contributed by atoms with Gasteiger partial charge in [-0.2, -0.15) is 26.3 Å². The number of halogens is 6. The molecule has 3 N–H and O–H groups in total. The van der Waals surface area contributed by atoms with Gasteiger partial charge in [0.05, 0.1) is 11.3 Å². The molecule has 0 radical (unpaired) electrons. The summed E-state index contributed by atoms with van der Waals surface area (Å²) in [7, 11) is 0. The number of fused-ring (bicyclic) bond motifs is 1. The summed E-state index contributed by atoms with van der Waals surface area (Å²) in [6.07, 6.45) is -8.54. The van der Waals surface area contributed by atoms with Crippen molar-refractivity contribution in [3.63, 3.8) is 0 Å². The minimum absolute atomic E-state index is 0.0203. The van der Waals surface area contributed by atoms with E-state index in [9.17, 15) is 31.1 Å². The van der Waals surface area contributed by atoms with Gasteiger partial charge in [0.2, 0.25) is 0 Å². The Morgan fingerprint density at radius 2 is 1.88 bits per heavy atom. The van der Waals surface area contributed by atoms with E-state index < -0.39 is 35.6 Å². The van der Waals surface area contributed by atoms with Crippen LogP contribution in [-0.4, -0.2) is 47.9 Å². The first-order valence-electron chi connectivity index (χ1n) is 10.6. The molecule has 0 saturated carbocycles. The average Bonchev–Trinajstić information content (AvgIpc) is 2.76. The molecule has 1 saturated heterocycles. The highest BCUT2D eigenvalue weighted by atomic mass is 19.4. The number of urea groups is 1. The Labute approximate surface area is 190 Å². The smallest absolute Gasteiger partial charge is 0.351 e. The summed E-state index contributed by atoms with van der Waals surface area (Å²) in [5.74, 6) is -0.284. The predicted molar refractivity (Wildman–Crippen MR) is 112 cm³/mol. The van der Waals surface area contributed by atoms with Crippen molar-refractivity contribution in [3.05, 3.63) is 35.5 Å². The van der Waals surface area contributed by atoms with Crippen LogP contribution in [0, 0.1) is 5.92 Å². The maximum absolute atomic E-state index is 13.8. The lowest BCUT2D eigenvalue weighted by molar-refractivity contribution is -0.155. The average molecular weight is 488 g/mol. The third kappa shape index (κ3) is 4.61. The first-order valence-corrected chi connectivity index (χ1v) is 10.6. The van der Waals surface area contributed by atoms with Gasteiger partial charge < -0.3 is 15.5 Å². The van der Waals surface area contributed by atoms with Crippen LogP contribution in [0.3, 0.4) is 0 Å². The number of amides is 2. The zero-order chi connectivity index (χ0) is 24.8. The van der Waals surface area contributed by atoms with Crippen molar-refractivity contribution >= 4 is 17.7 Å². The summed E-state index contributed by atoms with van der Waals surface area (Å²) in [5, 5.41) is 7.17. The molecule has 2 amide bonds. The lowest BCUT2D eigenvalue weighted by atomic mass is 9.95. The SMILES string of the molecule is CC(C)C1CNCCN1c1cc(C(F)(F)F)cc(-c2ccnc3c2[C@H](C(F)(F)F)NC(=O)N3)n1. The molecule has 1 fully saturated rings. The zero-order valence-corrected chi connectivity index (χ0v) is 18.2.